The monoisotopic (exact) mass is 178 g/mol. The molecule has 0 fully saturated rings. The molecule has 3 N–H and O–H groups in total. The number of benzene rings is 1. The molecule has 1 aromatic rings. The van der Waals surface area contributed by atoms with Gasteiger partial charge in [-0.05, 0) is 6.07 Å². The molecule has 0 aliphatic heterocycles. The van der Waals surface area contributed by atoms with Gasteiger partial charge in [0, 0.05) is 6.07 Å². The Bertz CT molecular complexity index is 272. The fourth-order valence-electron chi connectivity index (χ4n) is 0.868. The summed E-state index contributed by atoms with van der Waals surface area (Å²) in [5.74, 6) is 0. The lowest BCUT2D eigenvalue weighted by Gasteiger charge is -2.06. The Morgan fingerprint density at radius 2 is 1.75 bits per heavy atom. The van der Waals surface area contributed by atoms with Crippen molar-refractivity contribution in [1.29, 1.82) is 0 Å². The molecule has 5 heteroatoms. The molecule has 12 heavy (non-hydrogen) atoms. The van der Waals surface area contributed by atoms with E-state index in [4.69, 9.17) is 5.21 Å². The van der Waals surface area contributed by atoms with Crippen molar-refractivity contribution in [2.75, 3.05) is 0 Å². The zero-order valence-corrected chi connectivity index (χ0v) is 5.97. The topological polar surface area (TPSA) is 36.8 Å². The van der Waals surface area contributed by atoms with Crippen LogP contribution in [0.1, 0.15) is 5.56 Å². The van der Waals surface area contributed by atoms with Gasteiger partial charge in [-0.3, -0.25) is 0 Å². The summed E-state index contributed by atoms with van der Waals surface area (Å²) >= 11 is 0. The average Bonchev–Trinajstić information content (AvgIpc) is 2.03. The van der Waals surface area contributed by atoms with E-state index in [1.165, 1.54) is 18.2 Å². The quantitative estimate of drug-likeness (QED) is 0.493. The summed E-state index contributed by atoms with van der Waals surface area (Å²) in [5, 5.41) is 8.46. The molecule has 0 bridgehead atoms. The van der Waals surface area contributed by atoms with Crippen molar-refractivity contribution in [2.45, 2.75) is 6.18 Å². The molecule has 0 aromatic heterocycles. The van der Waals surface area contributed by atoms with Crippen LogP contribution in [0, 0.1) is 0 Å². The molecule has 0 saturated heterocycles. The number of alkyl halides is 3. The molecule has 0 unspecified atom stereocenters. The normalized spacial score (nSPS) is 11.7. The summed E-state index contributed by atoms with van der Waals surface area (Å²) in [4.78, 5) is 0. The van der Waals surface area contributed by atoms with Gasteiger partial charge in [0.2, 0.25) is 0 Å². The van der Waals surface area contributed by atoms with Crippen LogP contribution in [0.3, 0.4) is 0 Å². The maximum atomic E-state index is 12.1. The summed E-state index contributed by atoms with van der Waals surface area (Å²) < 4.78 is 36.3. The number of hydrogen-bond donors (Lipinski definition) is 2. The number of quaternary nitrogens is 1. The zero-order chi connectivity index (χ0) is 9.19. The molecular formula is C7H7F3NO+. The highest BCUT2D eigenvalue weighted by Crippen LogP contribution is 2.32. The summed E-state index contributed by atoms with van der Waals surface area (Å²) in [5.41, 5.74) is -0.597. The van der Waals surface area contributed by atoms with Crippen LogP contribution in [-0.2, 0) is 6.18 Å². The van der Waals surface area contributed by atoms with Gasteiger partial charge in [0.15, 0.2) is 5.69 Å². The van der Waals surface area contributed by atoms with Crippen LogP contribution in [0.25, 0.3) is 0 Å². The molecule has 0 radical (unpaired) electrons. The molecular weight excluding hydrogens is 171 g/mol. The number of rotatable bonds is 1. The van der Waals surface area contributed by atoms with Crippen molar-refractivity contribution in [1.82, 2.24) is 0 Å². The average molecular weight is 178 g/mol. The van der Waals surface area contributed by atoms with E-state index in [0.29, 0.717) is 5.48 Å². The molecule has 0 atom stereocenters. The Morgan fingerprint density at radius 3 is 2.17 bits per heavy atom. The van der Waals surface area contributed by atoms with Crippen molar-refractivity contribution < 1.29 is 23.9 Å². The smallest absolute Gasteiger partial charge is 0.215 e. The highest BCUT2D eigenvalue weighted by Gasteiger charge is 2.34. The van der Waals surface area contributed by atoms with Crippen LogP contribution < -0.4 is 5.48 Å². The molecule has 0 aliphatic rings. The van der Waals surface area contributed by atoms with Crippen molar-refractivity contribution in [3.8, 4) is 0 Å². The lowest BCUT2D eigenvalue weighted by atomic mass is 10.2. The number of nitrogens with two attached hydrogens (primary N) is 1. The van der Waals surface area contributed by atoms with Crippen LogP contribution in [0.15, 0.2) is 24.3 Å². The minimum absolute atomic E-state index is 0.218. The minimum Gasteiger partial charge on any atom is -0.215 e. The van der Waals surface area contributed by atoms with Gasteiger partial charge in [0.05, 0.1) is 0 Å². The molecule has 0 saturated carbocycles. The Morgan fingerprint density at radius 1 is 1.17 bits per heavy atom. The summed E-state index contributed by atoms with van der Waals surface area (Å²) in [7, 11) is 0. The third-order valence-corrected chi connectivity index (χ3v) is 1.41. The third-order valence-electron chi connectivity index (χ3n) is 1.41. The largest absolute Gasteiger partial charge is 0.422 e. The SMILES string of the molecule is O[NH2+]c1ccccc1C(F)(F)F. The predicted octanol–water partition coefficient (Wildman–Crippen LogP) is 1.29. The van der Waals surface area contributed by atoms with E-state index in [2.05, 4.69) is 0 Å². The standard InChI is InChI=1S/C7H6F3NO/c8-7(9,10)5-3-1-2-4-6(5)11-12/h1-4,11-12H/p+1. The van der Waals surface area contributed by atoms with Crippen LogP contribution in [0.2, 0.25) is 0 Å². The molecule has 0 amide bonds. The van der Waals surface area contributed by atoms with Gasteiger partial charge in [0.25, 0.3) is 0 Å². The Labute approximate surface area is 66.6 Å². The van der Waals surface area contributed by atoms with E-state index in [9.17, 15) is 13.2 Å². The van der Waals surface area contributed by atoms with Crippen LogP contribution in [0.5, 0.6) is 0 Å². The van der Waals surface area contributed by atoms with Crippen LogP contribution >= 0.6 is 0 Å². The molecule has 2 nitrogen and oxygen atoms in total. The van der Waals surface area contributed by atoms with Crippen LogP contribution in [-0.4, -0.2) is 5.21 Å². The maximum Gasteiger partial charge on any atom is 0.422 e. The van der Waals surface area contributed by atoms with Gasteiger partial charge in [-0.15, -0.1) is 0 Å². The van der Waals surface area contributed by atoms with Gasteiger partial charge in [-0.2, -0.15) is 18.7 Å². The number of halogens is 3. The van der Waals surface area contributed by atoms with E-state index < -0.39 is 11.7 Å². The maximum absolute atomic E-state index is 12.1. The van der Waals surface area contributed by atoms with Crippen molar-refractivity contribution in [3.63, 3.8) is 0 Å². The molecule has 1 rings (SSSR count). The first-order chi connectivity index (χ1) is 5.55. The van der Waals surface area contributed by atoms with Crippen molar-refractivity contribution in [2.24, 2.45) is 0 Å². The molecule has 0 spiro atoms. The third kappa shape index (κ3) is 1.75. The summed E-state index contributed by atoms with van der Waals surface area (Å²) in [6.07, 6.45) is -4.41. The van der Waals surface area contributed by atoms with Crippen LogP contribution in [0.4, 0.5) is 18.9 Å². The first kappa shape index (κ1) is 9.02. The first-order valence-corrected chi connectivity index (χ1v) is 3.19. The fraction of sp³-hybridized carbons (Fsp3) is 0.143. The molecule has 0 heterocycles. The van der Waals surface area contributed by atoms with Gasteiger partial charge in [-0.1, -0.05) is 12.1 Å². The lowest BCUT2D eigenvalue weighted by molar-refractivity contribution is -0.826. The molecule has 1 aromatic carbocycles. The Kier molecular flexibility index (Phi) is 2.35. The van der Waals surface area contributed by atoms with E-state index in [-0.39, 0.29) is 5.69 Å². The van der Waals surface area contributed by atoms with E-state index in [0.717, 1.165) is 6.07 Å². The Balaban J connectivity index is 3.14. The van der Waals surface area contributed by atoms with Crippen molar-refractivity contribution in [3.05, 3.63) is 29.8 Å². The van der Waals surface area contributed by atoms with E-state index in [1.807, 2.05) is 0 Å². The van der Waals surface area contributed by atoms with E-state index >= 15 is 0 Å². The highest BCUT2D eigenvalue weighted by atomic mass is 19.4. The molecule has 66 valence electrons. The van der Waals surface area contributed by atoms with E-state index in [1.54, 1.807) is 0 Å². The predicted molar refractivity (Wildman–Crippen MR) is 34.8 cm³/mol. The molecule has 0 aliphatic carbocycles. The van der Waals surface area contributed by atoms with Gasteiger partial charge < -0.3 is 0 Å². The number of hydrogen-bond acceptors (Lipinski definition) is 1. The van der Waals surface area contributed by atoms with Gasteiger partial charge in [0.1, 0.15) is 5.56 Å². The summed E-state index contributed by atoms with van der Waals surface area (Å²) in [6.45, 7) is 0. The second-order valence-electron chi connectivity index (χ2n) is 2.21. The van der Waals surface area contributed by atoms with Gasteiger partial charge in [-0.25, -0.2) is 5.21 Å². The second-order valence-corrected chi connectivity index (χ2v) is 2.21. The Hall–Kier alpha value is -1.07. The minimum atomic E-state index is -4.41. The van der Waals surface area contributed by atoms with Gasteiger partial charge >= 0.3 is 6.18 Å². The lowest BCUT2D eigenvalue weighted by Crippen LogP contribution is -2.74. The fourth-order valence-corrected chi connectivity index (χ4v) is 0.868. The van der Waals surface area contributed by atoms with Crippen molar-refractivity contribution >= 4 is 5.69 Å². The first-order valence-electron chi connectivity index (χ1n) is 3.19. The number of para-hydroxylation sites is 1. The zero-order valence-electron chi connectivity index (χ0n) is 5.97. The highest BCUT2D eigenvalue weighted by molar-refractivity contribution is 5.40. The summed E-state index contributed by atoms with van der Waals surface area (Å²) in [6, 6.07) is 4.82. The second kappa shape index (κ2) is 3.12.